The van der Waals surface area contributed by atoms with Crippen LogP contribution in [0.1, 0.15) is 42.9 Å². The van der Waals surface area contributed by atoms with E-state index in [2.05, 4.69) is 20.8 Å². The van der Waals surface area contributed by atoms with Gasteiger partial charge in [0.2, 0.25) is 0 Å². The van der Waals surface area contributed by atoms with Crippen LogP contribution in [0.15, 0.2) is 42.5 Å². The SMILES string of the molecule is CC(C)(C)c1cc2c(s1)-c1ccccc1C(O)c1ccc(F)c(F)c1-2. The van der Waals surface area contributed by atoms with Gasteiger partial charge < -0.3 is 5.11 Å². The van der Waals surface area contributed by atoms with Crippen LogP contribution in [-0.2, 0) is 5.41 Å². The zero-order chi connectivity index (χ0) is 17.9. The average molecular weight is 356 g/mol. The van der Waals surface area contributed by atoms with Crippen molar-refractivity contribution in [2.75, 3.05) is 0 Å². The molecule has 4 heteroatoms. The molecule has 2 aromatic carbocycles. The lowest BCUT2D eigenvalue weighted by molar-refractivity contribution is 0.221. The van der Waals surface area contributed by atoms with Crippen molar-refractivity contribution in [2.45, 2.75) is 32.3 Å². The van der Waals surface area contributed by atoms with Crippen molar-refractivity contribution in [2.24, 2.45) is 0 Å². The van der Waals surface area contributed by atoms with Crippen LogP contribution in [-0.4, -0.2) is 5.11 Å². The maximum absolute atomic E-state index is 14.8. The lowest BCUT2D eigenvalue weighted by Gasteiger charge is -2.17. The molecule has 0 fully saturated rings. The Morgan fingerprint density at radius 1 is 0.960 bits per heavy atom. The molecule has 0 saturated heterocycles. The lowest BCUT2D eigenvalue weighted by Crippen LogP contribution is -2.08. The molecule has 0 spiro atoms. The van der Waals surface area contributed by atoms with E-state index in [1.165, 1.54) is 6.07 Å². The highest BCUT2D eigenvalue weighted by atomic mass is 32.1. The van der Waals surface area contributed by atoms with Gasteiger partial charge in [0.05, 0.1) is 0 Å². The first-order valence-electron chi connectivity index (χ1n) is 8.19. The first-order valence-corrected chi connectivity index (χ1v) is 9.00. The molecule has 1 N–H and O–H groups in total. The molecule has 0 radical (unpaired) electrons. The fourth-order valence-electron chi connectivity index (χ4n) is 3.32. The van der Waals surface area contributed by atoms with Gasteiger partial charge in [-0.1, -0.05) is 51.1 Å². The minimum atomic E-state index is -0.987. The first kappa shape index (κ1) is 16.4. The van der Waals surface area contributed by atoms with Gasteiger partial charge in [0.25, 0.3) is 0 Å². The second kappa shape index (κ2) is 5.48. The molecular formula is C21H18F2OS. The number of aliphatic hydroxyl groups excluding tert-OH is 1. The van der Waals surface area contributed by atoms with Gasteiger partial charge in [0.1, 0.15) is 6.10 Å². The fraction of sp³-hybridized carbons (Fsp3) is 0.238. The van der Waals surface area contributed by atoms with Crippen LogP contribution in [0.5, 0.6) is 0 Å². The van der Waals surface area contributed by atoms with Crippen LogP contribution in [0.2, 0.25) is 0 Å². The van der Waals surface area contributed by atoms with Crippen LogP contribution >= 0.6 is 11.3 Å². The third-order valence-corrected chi connectivity index (χ3v) is 6.26. The summed E-state index contributed by atoms with van der Waals surface area (Å²) in [6, 6.07) is 12.0. The van der Waals surface area contributed by atoms with E-state index in [0.717, 1.165) is 26.9 Å². The second-order valence-corrected chi connectivity index (χ2v) is 8.47. The van der Waals surface area contributed by atoms with Crippen molar-refractivity contribution in [3.63, 3.8) is 0 Å². The summed E-state index contributed by atoms with van der Waals surface area (Å²) >= 11 is 1.58. The standard InChI is InChI=1S/C21H18F2OS/c1-21(2,3)16-10-14-17-13(8-9-15(22)18(17)23)19(24)11-6-4-5-7-12(11)20(14)25-16/h4-10,19,24H,1-3H3. The van der Waals surface area contributed by atoms with Crippen molar-refractivity contribution in [1.29, 1.82) is 0 Å². The van der Waals surface area contributed by atoms with Crippen molar-refractivity contribution in [3.05, 3.63) is 70.1 Å². The first-order chi connectivity index (χ1) is 11.8. The quantitative estimate of drug-likeness (QED) is 0.520. The molecule has 1 nitrogen and oxygen atoms in total. The average Bonchev–Trinajstić information content (AvgIpc) is 2.98. The predicted molar refractivity (Wildman–Crippen MR) is 97.9 cm³/mol. The Kier molecular flexibility index (Phi) is 3.60. The monoisotopic (exact) mass is 356 g/mol. The van der Waals surface area contributed by atoms with Gasteiger partial charge in [-0.2, -0.15) is 0 Å². The number of hydrogen-bond acceptors (Lipinski definition) is 2. The van der Waals surface area contributed by atoms with Gasteiger partial charge in [-0.15, -0.1) is 11.3 Å². The molecule has 25 heavy (non-hydrogen) atoms. The van der Waals surface area contributed by atoms with Gasteiger partial charge in [-0.3, -0.25) is 0 Å². The minimum absolute atomic E-state index is 0.103. The molecule has 0 amide bonds. The fourth-order valence-corrected chi connectivity index (χ4v) is 4.59. The summed E-state index contributed by atoms with van der Waals surface area (Å²) in [5, 5.41) is 10.8. The van der Waals surface area contributed by atoms with E-state index in [1.54, 1.807) is 11.3 Å². The molecule has 1 aliphatic carbocycles. The third kappa shape index (κ3) is 2.43. The lowest BCUT2D eigenvalue weighted by atomic mass is 9.91. The Bertz CT molecular complexity index is 982. The van der Waals surface area contributed by atoms with Crippen LogP contribution in [0.3, 0.4) is 0 Å². The molecule has 1 unspecified atom stereocenters. The summed E-state index contributed by atoms with van der Waals surface area (Å²) < 4.78 is 28.7. The Morgan fingerprint density at radius 3 is 2.40 bits per heavy atom. The molecule has 1 aromatic heterocycles. The predicted octanol–water partition coefficient (Wildman–Crippen LogP) is 6.05. The van der Waals surface area contributed by atoms with Crippen LogP contribution < -0.4 is 0 Å². The molecule has 0 bridgehead atoms. The number of hydrogen-bond donors (Lipinski definition) is 1. The largest absolute Gasteiger partial charge is 0.384 e. The van der Waals surface area contributed by atoms with Crippen molar-refractivity contribution in [3.8, 4) is 21.6 Å². The van der Waals surface area contributed by atoms with Gasteiger partial charge in [-0.05, 0) is 34.2 Å². The number of thiophene rings is 1. The molecule has 3 aromatic rings. The van der Waals surface area contributed by atoms with E-state index >= 15 is 0 Å². The van der Waals surface area contributed by atoms with Gasteiger partial charge in [-0.25, -0.2) is 8.78 Å². The van der Waals surface area contributed by atoms with E-state index in [4.69, 9.17) is 0 Å². The third-order valence-electron chi connectivity index (χ3n) is 4.66. The van der Waals surface area contributed by atoms with Crippen molar-refractivity contribution >= 4 is 11.3 Å². The Morgan fingerprint density at radius 2 is 1.68 bits per heavy atom. The Hall–Kier alpha value is -2.04. The molecule has 0 aliphatic heterocycles. The van der Waals surface area contributed by atoms with E-state index in [1.807, 2.05) is 30.3 Å². The van der Waals surface area contributed by atoms with E-state index in [0.29, 0.717) is 11.1 Å². The zero-order valence-electron chi connectivity index (χ0n) is 14.2. The molecular weight excluding hydrogens is 338 g/mol. The molecule has 1 aliphatic rings. The van der Waals surface area contributed by atoms with E-state index in [-0.39, 0.29) is 11.0 Å². The zero-order valence-corrected chi connectivity index (χ0v) is 15.0. The smallest absolute Gasteiger partial charge is 0.167 e. The number of aliphatic hydroxyl groups is 1. The summed E-state index contributed by atoms with van der Waals surface area (Å²) in [5.74, 6) is -1.80. The van der Waals surface area contributed by atoms with Crippen molar-refractivity contribution in [1.82, 2.24) is 0 Å². The summed E-state index contributed by atoms with van der Waals surface area (Å²) in [6.07, 6.45) is -0.987. The van der Waals surface area contributed by atoms with E-state index in [9.17, 15) is 13.9 Å². The van der Waals surface area contributed by atoms with Gasteiger partial charge in [0.15, 0.2) is 11.6 Å². The van der Waals surface area contributed by atoms with Crippen LogP contribution in [0.4, 0.5) is 8.78 Å². The minimum Gasteiger partial charge on any atom is -0.384 e. The normalized spacial score (nSPS) is 16.0. The molecule has 128 valence electrons. The topological polar surface area (TPSA) is 20.2 Å². The summed E-state index contributed by atoms with van der Waals surface area (Å²) in [6.45, 7) is 6.30. The van der Waals surface area contributed by atoms with E-state index < -0.39 is 17.7 Å². The highest BCUT2D eigenvalue weighted by molar-refractivity contribution is 7.16. The molecule has 0 saturated carbocycles. The molecule has 4 rings (SSSR count). The number of rotatable bonds is 0. The highest BCUT2D eigenvalue weighted by Crippen LogP contribution is 2.51. The van der Waals surface area contributed by atoms with Gasteiger partial charge in [0, 0.05) is 20.9 Å². The Labute approximate surface area is 149 Å². The molecule has 1 heterocycles. The number of fused-ring (bicyclic) bond motifs is 5. The summed E-state index contributed by atoms with van der Waals surface area (Å²) in [4.78, 5) is 1.97. The van der Waals surface area contributed by atoms with Crippen molar-refractivity contribution < 1.29 is 13.9 Å². The van der Waals surface area contributed by atoms with Gasteiger partial charge >= 0.3 is 0 Å². The number of benzene rings is 2. The molecule has 1 atom stereocenters. The summed E-state index contributed by atoms with van der Waals surface area (Å²) in [5.41, 5.74) is 2.73. The maximum Gasteiger partial charge on any atom is 0.167 e. The Balaban J connectivity index is 2.15. The van der Waals surface area contributed by atoms with Crippen LogP contribution in [0.25, 0.3) is 21.6 Å². The maximum atomic E-state index is 14.8. The summed E-state index contributed by atoms with van der Waals surface area (Å²) in [7, 11) is 0. The second-order valence-electron chi connectivity index (χ2n) is 7.42. The number of halogens is 2. The van der Waals surface area contributed by atoms with Crippen LogP contribution in [0, 0.1) is 11.6 Å². The highest BCUT2D eigenvalue weighted by Gasteiger charge is 2.32.